The number of urea groups is 1. The number of hydrogen-bond donors (Lipinski definition) is 1. The molecule has 0 aromatic carbocycles. The molecule has 0 radical (unpaired) electrons. The van der Waals surface area contributed by atoms with Crippen LogP contribution in [0.15, 0.2) is 49.1 Å². The Balaban J connectivity index is 1.53. The minimum Gasteiger partial charge on any atom is -0.368 e. The summed E-state index contributed by atoms with van der Waals surface area (Å²) in [5.74, 6) is 0.720. The molecule has 6 heterocycles. The summed E-state index contributed by atoms with van der Waals surface area (Å²) in [5, 5.41) is 7.42. The number of rotatable bonds is 4. The van der Waals surface area contributed by atoms with Gasteiger partial charge in [0.1, 0.15) is 0 Å². The number of aromatic nitrogens is 4. The van der Waals surface area contributed by atoms with E-state index in [1.807, 2.05) is 40.2 Å². The number of anilines is 3. The lowest BCUT2D eigenvalue weighted by Crippen LogP contribution is -2.46. The molecule has 8 heteroatoms. The second-order valence-electron chi connectivity index (χ2n) is 7.79. The number of aryl methyl sites for hydroxylation is 1. The van der Waals surface area contributed by atoms with Crippen LogP contribution in [-0.4, -0.2) is 44.9 Å². The van der Waals surface area contributed by atoms with Gasteiger partial charge in [0.25, 0.3) is 0 Å². The van der Waals surface area contributed by atoms with Gasteiger partial charge >= 0.3 is 6.03 Å². The van der Waals surface area contributed by atoms with E-state index < -0.39 is 0 Å². The van der Waals surface area contributed by atoms with Crippen LogP contribution in [0.25, 0.3) is 11.3 Å². The van der Waals surface area contributed by atoms with Gasteiger partial charge in [-0.2, -0.15) is 5.10 Å². The summed E-state index contributed by atoms with van der Waals surface area (Å²) in [6.07, 6.45) is 10.1. The first-order valence-electron chi connectivity index (χ1n) is 10.5. The van der Waals surface area contributed by atoms with Crippen molar-refractivity contribution in [3.63, 3.8) is 0 Å². The standard InChI is InChI=1S/C22H25N7O/c1-2-10-28-15-16(13-24-28)19-5-6-20-21(26-19)29(18-7-11-27(20)12-8-18)22(30)25-17-4-3-9-23-14-17/h3-6,9,13-15,18H,2,7-8,10-12H2,1H3,(H,25,30). The highest BCUT2D eigenvalue weighted by atomic mass is 16.2. The van der Waals surface area contributed by atoms with E-state index in [4.69, 9.17) is 4.98 Å². The number of carbonyl (C=O) groups excluding carboxylic acids is 1. The maximum absolute atomic E-state index is 13.3. The Kier molecular flexibility index (Phi) is 4.82. The first-order chi connectivity index (χ1) is 14.7. The van der Waals surface area contributed by atoms with Crippen molar-refractivity contribution in [1.82, 2.24) is 19.7 Å². The normalized spacial score (nSPS) is 15.8. The van der Waals surface area contributed by atoms with Crippen LogP contribution in [0, 0.1) is 0 Å². The van der Waals surface area contributed by atoms with E-state index in [0.29, 0.717) is 5.69 Å². The Hall–Kier alpha value is -3.42. The molecule has 154 valence electrons. The summed E-state index contributed by atoms with van der Waals surface area (Å²) >= 11 is 0. The Morgan fingerprint density at radius 2 is 2.07 bits per heavy atom. The quantitative estimate of drug-likeness (QED) is 0.717. The summed E-state index contributed by atoms with van der Waals surface area (Å²) in [6, 6.07) is 7.74. The highest BCUT2D eigenvalue weighted by Crippen LogP contribution is 2.39. The molecule has 30 heavy (non-hydrogen) atoms. The summed E-state index contributed by atoms with van der Waals surface area (Å²) in [5.41, 5.74) is 3.49. The third kappa shape index (κ3) is 3.38. The molecule has 1 saturated heterocycles. The zero-order valence-electron chi connectivity index (χ0n) is 17.0. The molecule has 2 amide bonds. The van der Waals surface area contributed by atoms with Gasteiger partial charge in [-0.15, -0.1) is 0 Å². The SMILES string of the molecule is CCCn1cc(-c2ccc3c(n2)N(C(=O)Nc2cccnc2)C2CCN3CC2)cn1. The predicted octanol–water partition coefficient (Wildman–Crippen LogP) is 3.77. The zero-order valence-corrected chi connectivity index (χ0v) is 17.0. The molecular formula is C22H25N7O. The number of nitrogens with one attached hydrogen (secondary N) is 1. The topological polar surface area (TPSA) is 79.2 Å². The second-order valence-corrected chi connectivity index (χ2v) is 7.79. The van der Waals surface area contributed by atoms with Gasteiger partial charge < -0.3 is 10.2 Å². The van der Waals surface area contributed by atoms with Crippen molar-refractivity contribution < 1.29 is 4.79 Å². The van der Waals surface area contributed by atoms with Crippen molar-refractivity contribution in [1.29, 1.82) is 0 Å². The Morgan fingerprint density at radius 1 is 1.20 bits per heavy atom. The minimum atomic E-state index is -0.163. The van der Waals surface area contributed by atoms with Gasteiger partial charge in [-0.25, -0.2) is 9.78 Å². The van der Waals surface area contributed by atoms with Gasteiger partial charge in [-0.05, 0) is 43.5 Å². The van der Waals surface area contributed by atoms with E-state index >= 15 is 0 Å². The molecule has 3 aromatic heterocycles. The first kappa shape index (κ1) is 18.6. The van der Waals surface area contributed by atoms with Crippen molar-refractivity contribution in [3.8, 4) is 11.3 Å². The number of piperidine rings is 1. The van der Waals surface area contributed by atoms with Gasteiger partial charge in [-0.3, -0.25) is 14.6 Å². The molecule has 0 atom stereocenters. The van der Waals surface area contributed by atoms with Crippen LogP contribution in [0.2, 0.25) is 0 Å². The third-order valence-corrected chi connectivity index (χ3v) is 5.77. The van der Waals surface area contributed by atoms with Crippen LogP contribution in [0.1, 0.15) is 26.2 Å². The smallest absolute Gasteiger partial charge is 0.327 e. The number of pyridine rings is 2. The lowest BCUT2D eigenvalue weighted by atomic mass is 10.1. The molecular weight excluding hydrogens is 378 g/mol. The van der Waals surface area contributed by atoms with Crippen molar-refractivity contribution >= 4 is 23.2 Å². The summed E-state index contributed by atoms with van der Waals surface area (Å²) in [4.78, 5) is 26.6. The number of hydrogen-bond acceptors (Lipinski definition) is 5. The molecule has 0 spiro atoms. The number of nitrogens with zero attached hydrogens (tertiary/aromatic N) is 6. The Labute approximate surface area is 175 Å². The van der Waals surface area contributed by atoms with Crippen LogP contribution in [0.5, 0.6) is 0 Å². The predicted molar refractivity (Wildman–Crippen MR) is 117 cm³/mol. The van der Waals surface area contributed by atoms with E-state index in [9.17, 15) is 4.79 Å². The molecule has 0 unspecified atom stereocenters. The average Bonchev–Trinajstić information content (AvgIpc) is 3.12. The van der Waals surface area contributed by atoms with Crippen molar-refractivity contribution in [2.45, 2.75) is 38.8 Å². The molecule has 0 aliphatic carbocycles. The largest absolute Gasteiger partial charge is 0.368 e. The van der Waals surface area contributed by atoms with E-state index in [0.717, 1.165) is 61.7 Å². The lowest BCUT2D eigenvalue weighted by molar-refractivity contribution is 0.253. The van der Waals surface area contributed by atoms with Crippen LogP contribution in [0.4, 0.5) is 22.0 Å². The van der Waals surface area contributed by atoms with E-state index in [-0.39, 0.29) is 12.1 Å². The molecule has 1 N–H and O–H groups in total. The number of amides is 2. The first-order valence-corrected chi connectivity index (χ1v) is 10.5. The monoisotopic (exact) mass is 403 g/mol. The zero-order chi connectivity index (χ0) is 20.5. The van der Waals surface area contributed by atoms with Crippen LogP contribution < -0.4 is 15.1 Å². The lowest BCUT2D eigenvalue weighted by Gasteiger charge is -2.31. The van der Waals surface area contributed by atoms with Crippen molar-refractivity contribution in [3.05, 3.63) is 49.1 Å². The van der Waals surface area contributed by atoms with Gasteiger partial charge in [0.2, 0.25) is 0 Å². The molecule has 3 aromatic rings. The summed E-state index contributed by atoms with van der Waals surface area (Å²) in [6.45, 7) is 4.87. The van der Waals surface area contributed by atoms with Gasteiger partial charge in [0.05, 0.1) is 29.5 Å². The molecule has 0 saturated carbocycles. The minimum absolute atomic E-state index is 0.129. The average molecular weight is 403 g/mol. The molecule has 3 aliphatic rings. The Bertz CT molecular complexity index is 1040. The van der Waals surface area contributed by atoms with Crippen LogP contribution in [0.3, 0.4) is 0 Å². The van der Waals surface area contributed by atoms with Crippen molar-refractivity contribution in [2.24, 2.45) is 0 Å². The molecule has 2 bridgehead atoms. The fourth-order valence-electron chi connectivity index (χ4n) is 4.29. The Morgan fingerprint density at radius 3 is 2.83 bits per heavy atom. The van der Waals surface area contributed by atoms with Gasteiger partial charge in [0.15, 0.2) is 5.82 Å². The summed E-state index contributed by atoms with van der Waals surface area (Å²) in [7, 11) is 0. The fourth-order valence-corrected chi connectivity index (χ4v) is 4.29. The van der Waals surface area contributed by atoms with E-state index in [1.54, 1.807) is 12.4 Å². The maximum Gasteiger partial charge on any atom is 0.327 e. The summed E-state index contributed by atoms with van der Waals surface area (Å²) < 4.78 is 1.93. The third-order valence-electron chi connectivity index (χ3n) is 5.77. The molecule has 3 aliphatic heterocycles. The molecule has 6 rings (SSSR count). The fraction of sp³-hybridized carbons (Fsp3) is 0.364. The highest BCUT2D eigenvalue weighted by Gasteiger charge is 2.37. The van der Waals surface area contributed by atoms with E-state index in [2.05, 4.69) is 33.3 Å². The van der Waals surface area contributed by atoms with E-state index in [1.165, 1.54) is 0 Å². The van der Waals surface area contributed by atoms with Crippen LogP contribution >= 0.6 is 0 Å². The maximum atomic E-state index is 13.3. The van der Waals surface area contributed by atoms with Gasteiger partial charge in [0, 0.05) is 43.6 Å². The van der Waals surface area contributed by atoms with Crippen LogP contribution in [-0.2, 0) is 6.54 Å². The number of carbonyl (C=O) groups is 1. The second kappa shape index (κ2) is 7.78. The van der Waals surface area contributed by atoms with Crippen molar-refractivity contribution in [2.75, 3.05) is 28.2 Å². The molecule has 1 fully saturated rings. The number of fused-ring (bicyclic) bond motifs is 2. The molecule has 8 nitrogen and oxygen atoms in total. The highest BCUT2D eigenvalue weighted by molar-refractivity contribution is 6.04. The van der Waals surface area contributed by atoms with Gasteiger partial charge in [-0.1, -0.05) is 6.92 Å².